The maximum Gasteiger partial charge on any atom is 0.262 e. The predicted octanol–water partition coefficient (Wildman–Crippen LogP) is 5.37. The number of likely N-dealkylation sites (N-methyl/N-ethyl adjacent to an activating group) is 1. The van der Waals surface area contributed by atoms with Crippen molar-refractivity contribution in [3.05, 3.63) is 87.3 Å². The lowest BCUT2D eigenvalue weighted by atomic mass is 10.0. The van der Waals surface area contributed by atoms with Crippen molar-refractivity contribution in [1.82, 2.24) is 14.5 Å². The molecule has 0 fully saturated rings. The van der Waals surface area contributed by atoms with Crippen LogP contribution in [0.5, 0.6) is 0 Å². The van der Waals surface area contributed by atoms with Crippen LogP contribution in [0.1, 0.15) is 30.1 Å². The molecule has 0 unspecified atom stereocenters. The average molecular weight is 432 g/mol. The number of fused-ring (bicyclic) bond motifs is 1. The molecule has 0 aliphatic rings. The molecule has 5 heteroatoms. The summed E-state index contributed by atoms with van der Waals surface area (Å²) in [5.74, 6) is 0.844. The van der Waals surface area contributed by atoms with Gasteiger partial charge in [-0.1, -0.05) is 74.5 Å². The Bertz CT molecular complexity index is 1210. The van der Waals surface area contributed by atoms with E-state index in [2.05, 4.69) is 49.9 Å². The molecule has 4 aromatic rings. The Morgan fingerprint density at radius 3 is 2.26 bits per heavy atom. The molecule has 0 aliphatic carbocycles. The van der Waals surface area contributed by atoms with E-state index in [-0.39, 0.29) is 5.56 Å². The van der Waals surface area contributed by atoms with E-state index in [1.54, 1.807) is 11.3 Å². The second-order valence-corrected chi connectivity index (χ2v) is 8.96. The van der Waals surface area contributed by atoms with Crippen LogP contribution in [0, 0.1) is 6.92 Å². The highest BCUT2D eigenvalue weighted by atomic mass is 32.1. The maximum absolute atomic E-state index is 13.8. The Hall–Kier alpha value is -2.76. The van der Waals surface area contributed by atoms with Gasteiger partial charge in [-0.05, 0) is 31.1 Å². The Labute approximate surface area is 187 Å². The summed E-state index contributed by atoms with van der Waals surface area (Å²) in [5, 5.41) is 0.755. The second kappa shape index (κ2) is 9.58. The Morgan fingerprint density at radius 2 is 1.61 bits per heavy atom. The third-order valence-electron chi connectivity index (χ3n) is 5.87. The minimum Gasteiger partial charge on any atom is -0.302 e. The third kappa shape index (κ3) is 4.48. The fourth-order valence-electron chi connectivity index (χ4n) is 4.11. The van der Waals surface area contributed by atoms with Crippen LogP contribution < -0.4 is 5.56 Å². The summed E-state index contributed by atoms with van der Waals surface area (Å²) in [7, 11) is 0. The second-order valence-electron chi connectivity index (χ2n) is 7.75. The molecule has 0 spiro atoms. The van der Waals surface area contributed by atoms with Crippen molar-refractivity contribution in [2.45, 2.75) is 33.7 Å². The van der Waals surface area contributed by atoms with Gasteiger partial charge in [-0.25, -0.2) is 4.98 Å². The van der Waals surface area contributed by atoms with Crippen molar-refractivity contribution in [1.29, 1.82) is 0 Å². The van der Waals surface area contributed by atoms with Gasteiger partial charge < -0.3 is 4.90 Å². The topological polar surface area (TPSA) is 38.1 Å². The lowest BCUT2D eigenvalue weighted by molar-refractivity contribution is 0.287. The number of thiophene rings is 1. The quantitative estimate of drug-likeness (QED) is 0.377. The van der Waals surface area contributed by atoms with Crippen LogP contribution in [0.3, 0.4) is 0 Å². The van der Waals surface area contributed by atoms with Crippen LogP contribution in [0.4, 0.5) is 0 Å². The molecule has 0 saturated carbocycles. The highest BCUT2D eigenvalue weighted by molar-refractivity contribution is 7.19. The minimum atomic E-state index is 0.0753. The predicted molar refractivity (Wildman–Crippen MR) is 131 cm³/mol. The molecule has 2 heterocycles. The minimum absolute atomic E-state index is 0.0753. The van der Waals surface area contributed by atoms with Crippen molar-refractivity contribution < 1.29 is 0 Å². The number of rotatable bonds is 8. The van der Waals surface area contributed by atoms with Crippen LogP contribution in [0.15, 0.2) is 65.5 Å². The Kier molecular flexibility index (Phi) is 6.64. The summed E-state index contributed by atoms with van der Waals surface area (Å²) < 4.78 is 1.91. The number of aromatic nitrogens is 2. The summed E-state index contributed by atoms with van der Waals surface area (Å²) in [4.78, 5) is 23.2. The monoisotopic (exact) mass is 431 g/mol. The van der Waals surface area contributed by atoms with Gasteiger partial charge in [0, 0.05) is 30.0 Å². The standard InChI is InChI=1S/C26H29N3OS/c1-4-28(5-2)16-17-29-22(18-20-12-8-6-9-13-20)27-25-24(26(29)30)23(19(3)31-25)21-14-10-7-11-15-21/h6-15H,4-5,16-18H2,1-3H3. The molecule has 160 valence electrons. The van der Waals surface area contributed by atoms with Gasteiger partial charge in [0.05, 0.1) is 5.39 Å². The molecule has 0 saturated heterocycles. The summed E-state index contributed by atoms with van der Waals surface area (Å²) in [5.41, 5.74) is 3.35. The SMILES string of the molecule is CCN(CC)CCn1c(Cc2ccccc2)nc2sc(C)c(-c3ccccc3)c2c1=O. The zero-order valence-corrected chi connectivity index (χ0v) is 19.3. The van der Waals surface area contributed by atoms with Crippen molar-refractivity contribution in [3.63, 3.8) is 0 Å². The first kappa shape index (κ1) is 21.5. The van der Waals surface area contributed by atoms with E-state index >= 15 is 0 Å². The molecule has 4 nitrogen and oxygen atoms in total. The Balaban J connectivity index is 1.87. The number of benzene rings is 2. The van der Waals surface area contributed by atoms with Crippen molar-refractivity contribution in [2.24, 2.45) is 0 Å². The van der Waals surface area contributed by atoms with Crippen LogP contribution in [0.25, 0.3) is 21.3 Å². The summed E-state index contributed by atoms with van der Waals surface area (Å²) in [6.07, 6.45) is 0.655. The van der Waals surface area contributed by atoms with Gasteiger partial charge in [0.25, 0.3) is 5.56 Å². The van der Waals surface area contributed by atoms with Crippen molar-refractivity contribution in [3.8, 4) is 11.1 Å². The summed E-state index contributed by atoms with van der Waals surface area (Å²) in [6.45, 7) is 9.85. The van der Waals surface area contributed by atoms with Gasteiger partial charge >= 0.3 is 0 Å². The number of hydrogen-bond acceptors (Lipinski definition) is 4. The summed E-state index contributed by atoms with van der Waals surface area (Å²) in [6, 6.07) is 20.5. The number of hydrogen-bond donors (Lipinski definition) is 0. The van der Waals surface area contributed by atoms with Gasteiger partial charge in [0.15, 0.2) is 0 Å². The molecule has 4 rings (SSSR count). The zero-order valence-electron chi connectivity index (χ0n) is 18.5. The van der Waals surface area contributed by atoms with Gasteiger partial charge in [-0.15, -0.1) is 11.3 Å². The third-order valence-corrected chi connectivity index (χ3v) is 6.87. The molecular weight excluding hydrogens is 402 g/mol. The largest absolute Gasteiger partial charge is 0.302 e. The van der Waals surface area contributed by atoms with E-state index in [0.717, 1.165) is 51.7 Å². The van der Waals surface area contributed by atoms with E-state index < -0.39 is 0 Å². The molecule has 2 aromatic carbocycles. The molecule has 0 aliphatic heterocycles. The molecule has 0 N–H and O–H groups in total. The van der Waals surface area contributed by atoms with Crippen LogP contribution in [0.2, 0.25) is 0 Å². The fourth-order valence-corrected chi connectivity index (χ4v) is 5.17. The first-order chi connectivity index (χ1) is 15.1. The molecular formula is C26H29N3OS. The molecule has 0 amide bonds. The number of nitrogens with zero attached hydrogens (tertiary/aromatic N) is 3. The van der Waals surface area contributed by atoms with Crippen LogP contribution in [-0.2, 0) is 13.0 Å². The van der Waals surface area contributed by atoms with E-state index in [1.165, 1.54) is 5.56 Å². The summed E-state index contributed by atoms with van der Waals surface area (Å²) >= 11 is 1.62. The van der Waals surface area contributed by atoms with E-state index in [0.29, 0.717) is 13.0 Å². The molecule has 0 radical (unpaired) electrons. The fraction of sp³-hybridized carbons (Fsp3) is 0.308. The number of aryl methyl sites for hydroxylation is 1. The van der Waals surface area contributed by atoms with E-state index in [1.807, 2.05) is 41.0 Å². The highest BCUT2D eigenvalue weighted by Crippen LogP contribution is 2.35. The van der Waals surface area contributed by atoms with Crippen LogP contribution >= 0.6 is 11.3 Å². The highest BCUT2D eigenvalue weighted by Gasteiger charge is 2.20. The van der Waals surface area contributed by atoms with Crippen LogP contribution in [-0.4, -0.2) is 34.1 Å². The van der Waals surface area contributed by atoms with Gasteiger partial charge in [0.2, 0.25) is 0 Å². The van der Waals surface area contributed by atoms with Crippen molar-refractivity contribution in [2.75, 3.05) is 19.6 Å². The average Bonchev–Trinajstić information content (AvgIpc) is 3.13. The van der Waals surface area contributed by atoms with E-state index in [9.17, 15) is 4.79 Å². The molecule has 0 bridgehead atoms. The Morgan fingerprint density at radius 1 is 0.968 bits per heavy atom. The van der Waals surface area contributed by atoms with Gasteiger partial charge in [0.1, 0.15) is 10.7 Å². The first-order valence-corrected chi connectivity index (χ1v) is 11.8. The van der Waals surface area contributed by atoms with E-state index in [4.69, 9.17) is 4.98 Å². The lowest BCUT2D eigenvalue weighted by Crippen LogP contribution is -2.33. The molecule has 2 aromatic heterocycles. The zero-order chi connectivity index (χ0) is 21.8. The smallest absolute Gasteiger partial charge is 0.262 e. The van der Waals surface area contributed by atoms with Gasteiger partial charge in [-0.3, -0.25) is 9.36 Å². The molecule has 31 heavy (non-hydrogen) atoms. The van der Waals surface area contributed by atoms with Crippen molar-refractivity contribution >= 4 is 21.6 Å². The lowest BCUT2D eigenvalue weighted by Gasteiger charge is -2.20. The molecule has 0 atom stereocenters. The van der Waals surface area contributed by atoms with Gasteiger partial charge in [-0.2, -0.15) is 0 Å². The maximum atomic E-state index is 13.8. The normalized spacial score (nSPS) is 11.5. The first-order valence-electron chi connectivity index (χ1n) is 11.0.